The van der Waals surface area contributed by atoms with Crippen LogP contribution in [0.15, 0.2) is 35.8 Å². The van der Waals surface area contributed by atoms with Gasteiger partial charge in [0.25, 0.3) is 5.91 Å². The average molecular weight is 390 g/mol. The fraction of sp³-hybridized carbons (Fsp3) is 0.524. The van der Waals surface area contributed by atoms with E-state index in [1.165, 1.54) is 12.1 Å². The molecule has 28 heavy (non-hydrogen) atoms. The van der Waals surface area contributed by atoms with Gasteiger partial charge in [0.1, 0.15) is 24.8 Å². The van der Waals surface area contributed by atoms with Crippen LogP contribution in [0.4, 0.5) is 4.39 Å². The standard InChI is InChI=1S/C21H27FN2O4/c1-14-19(28-12-11-27-14)21(26)24-18-7-5-16(6-8-18)20(25)23-10-9-15-3-2-4-17(22)13-15/h2-4,13,16,18H,5-12H2,1H3,(H,23,25)(H,24,26). The number of halogens is 1. The molecule has 1 saturated carbocycles. The lowest BCUT2D eigenvalue weighted by molar-refractivity contribution is -0.126. The van der Waals surface area contributed by atoms with Gasteiger partial charge in [-0.3, -0.25) is 9.59 Å². The molecule has 7 heteroatoms. The van der Waals surface area contributed by atoms with Crippen molar-refractivity contribution in [2.24, 2.45) is 5.92 Å². The molecule has 2 amide bonds. The molecule has 0 saturated heterocycles. The molecule has 0 spiro atoms. The van der Waals surface area contributed by atoms with E-state index in [9.17, 15) is 14.0 Å². The van der Waals surface area contributed by atoms with Gasteiger partial charge in [-0.2, -0.15) is 0 Å². The topological polar surface area (TPSA) is 76.7 Å². The summed E-state index contributed by atoms with van der Waals surface area (Å²) in [4.78, 5) is 24.7. The van der Waals surface area contributed by atoms with Gasteiger partial charge in [0.2, 0.25) is 11.7 Å². The molecule has 1 aliphatic carbocycles. The summed E-state index contributed by atoms with van der Waals surface area (Å²) in [5, 5.41) is 5.92. The Labute approximate surface area is 164 Å². The maximum absolute atomic E-state index is 13.2. The quantitative estimate of drug-likeness (QED) is 0.782. The zero-order chi connectivity index (χ0) is 19.9. The number of benzene rings is 1. The van der Waals surface area contributed by atoms with Gasteiger partial charge in [-0.15, -0.1) is 0 Å². The molecule has 0 unspecified atom stereocenters. The maximum Gasteiger partial charge on any atom is 0.290 e. The number of rotatable bonds is 6. The minimum Gasteiger partial charge on any atom is -0.491 e. The third kappa shape index (κ3) is 5.47. The van der Waals surface area contributed by atoms with E-state index in [2.05, 4.69) is 10.6 Å². The predicted molar refractivity (Wildman–Crippen MR) is 102 cm³/mol. The summed E-state index contributed by atoms with van der Waals surface area (Å²) in [6.07, 6.45) is 3.56. The van der Waals surface area contributed by atoms with Crippen LogP contribution < -0.4 is 10.6 Å². The van der Waals surface area contributed by atoms with Crippen molar-refractivity contribution in [3.05, 3.63) is 47.2 Å². The van der Waals surface area contributed by atoms with Crippen molar-refractivity contribution < 1.29 is 23.5 Å². The van der Waals surface area contributed by atoms with Crippen molar-refractivity contribution in [3.8, 4) is 0 Å². The van der Waals surface area contributed by atoms with Gasteiger partial charge in [0.05, 0.1) is 0 Å². The highest BCUT2D eigenvalue weighted by Crippen LogP contribution is 2.25. The zero-order valence-corrected chi connectivity index (χ0v) is 16.1. The van der Waals surface area contributed by atoms with Gasteiger partial charge in [0, 0.05) is 18.5 Å². The van der Waals surface area contributed by atoms with E-state index < -0.39 is 0 Å². The largest absolute Gasteiger partial charge is 0.491 e. The molecule has 1 fully saturated rings. The summed E-state index contributed by atoms with van der Waals surface area (Å²) < 4.78 is 23.9. The van der Waals surface area contributed by atoms with E-state index in [-0.39, 0.29) is 35.4 Å². The smallest absolute Gasteiger partial charge is 0.290 e. The van der Waals surface area contributed by atoms with Crippen molar-refractivity contribution in [3.63, 3.8) is 0 Å². The number of hydrogen-bond donors (Lipinski definition) is 2. The number of carbonyl (C=O) groups is 2. The highest BCUT2D eigenvalue weighted by Gasteiger charge is 2.29. The fourth-order valence-electron chi connectivity index (χ4n) is 3.65. The lowest BCUT2D eigenvalue weighted by Crippen LogP contribution is -2.42. The summed E-state index contributed by atoms with van der Waals surface area (Å²) in [7, 11) is 0. The SMILES string of the molecule is CC1=C(C(=O)NC2CCC(C(=O)NCCc3cccc(F)c3)CC2)OCCO1. The highest BCUT2D eigenvalue weighted by molar-refractivity contribution is 5.92. The maximum atomic E-state index is 13.2. The number of amides is 2. The lowest BCUT2D eigenvalue weighted by atomic mass is 9.85. The Balaban J connectivity index is 1.38. The minimum absolute atomic E-state index is 0.0312. The van der Waals surface area contributed by atoms with Gasteiger partial charge >= 0.3 is 0 Å². The second-order valence-electron chi connectivity index (χ2n) is 7.28. The van der Waals surface area contributed by atoms with E-state index in [4.69, 9.17) is 9.47 Å². The van der Waals surface area contributed by atoms with Gasteiger partial charge < -0.3 is 20.1 Å². The first-order valence-electron chi connectivity index (χ1n) is 9.82. The van der Waals surface area contributed by atoms with Crippen LogP contribution in [-0.4, -0.2) is 37.6 Å². The number of nitrogens with one attached hydrogen (secondary N) is 2. The molecule has 1 aliphatic heterocycles. The normalized spacial score (nSPS) is 22.1. The Bertz CT molecular complexity index is 742. The van der Waals surface area contributed by atoms with E-state index in [1.54, 1.807) is 13.0 Å². The molecule has 3 rings (SSSR count). The second kappa shape index (κ2) is 9.57. The molecule has 0 bridgehead atoms. The number of carbonyl (C=O) groups excluding carboxylic acids is 2. The Morgan fingerprint density at radius 2 is 1.89 bits per heavy atom. The van der Waals surface area contributed by atoms with Crippen molar-refractivity contribution in [2.45, 2.75) is 45.1 Å². The Morgan fingerprint density at radius 1 is 1.14 bits per heavy atom. The molecule has 6 nitrogen and oxygen atoms in total. The first-order valence-corrected chi connectivity index (χ1v) is 9.82. The van der Waals surface area contributed by atoms with Crippen LogP contribution in [0.3, 0.4) is 0 Å². The first kappa shape index (κ1) is 20.2. The summed E-state index contributed by atoms with van der Waals surface area (Å²) in [5.74, 6) is 0.235. The lowest BCUT2D eigenvalue weighted by Gasteiger charge is -2.29. The first-order chi connectivity index (χ1) is 13.5. The van der Waals surface area contributed by atoms with Gasteiger partial charge in [-0.05, 0) is 56.7 Å². The van der Waals surface area contributed by atoms with E-state index in [1.807, 2.05) is 6.07 Å². The number of hydrogen-bond acceptors (Lipinski definition) is 4. The van der Waals surface area contributed by atoms with Crippen molar-refractivity contribution in [2.75, 3.05) is 19.8 Å². The molecule has 2 N–H and O–H groups in total. The van der Waals surface area contributed by atoms with Crippen molar-refractivity contribution >= 4 is 11.8 Å². The zero-order valence-electron chi connectivity index (χ0n) is 16.1. The van der Waals surface area contributed by atoms with Crippen LogP contribution >= 0.6 is 0 Å². The van der Waals surface area contributed by atoms with Crippen molar-refractivity contribution in [1.29, 1.82) is 0 Å². The number of allylic oxidation sites excluding steroid dienone is 1. The molecule has 0 atom stereocenters. The van der Waals surface area contributed by atoms with E-state index in [0.717, 1.165) is 31.2 Å². The predicted octanol–water partition coefficient (Wildman–Crippen LogP) is 2.44. The molecule has 1 aromatic rings. The summed E-state index contributed by atoms with van der Waals surface area (Å²) in [6, 6.07) is 6.45. The second-order valence-corrected chi connectivity index (χ2v) is 7.28. The average Bonchev–Trinajstić information content (AvgIpc) is 2.69. The monoisotopic (exact) mass is 390 g/mol. The molecular formula is C21H27FN2O4. The van der Waals surface area contributed by atoms with Gasteiger partial charge in [0.15, 0.2) is 0 Å². The number of ether oxygens (including phenoxy) is 2. The molecule has 1 heterocycles. The van der Waals surface area contributed by atoms with Crippen LogP contribution in [0, 0.1) is 11.7 Å². The third-order valence-electron chi connectivity index (χ3n) is 5.21. The van der Waals surface area contributed by atoms with Crippen molar-refractivity contribution in [1.82, 2.24) is 10.6 Å². The van der Waals surface area contributed by atoms with E-state index in [0.29, 0.717) is 31.9 Å². The van der Waals surface area contributed by atoms with Crippen LogP contribution in [0.5, 0.6) is 0 Å². The van der Waals surface area contributed by atoms with Crippen LogP contribution in [0.25, 0.3) is 0 Å². The Kier molecular flexibility index (Phi) is 6.90. The Morgan fingerprint density at radius 3 is 2.61 bits per heavy atom. The van der Waals surface area contributed by atoms with Crippen LogP contribution in [0.2, 0.25) is 0 Å². The molecular weight excluding hydrogens is 363 g/mol. The summed E-state index contributed by atoms with van der Waals surface area (Å²) in [5.41, 5.74) is 0.866. The van der Waals surface area contributed by atoms with Gasteiger partial charge in [-0.25, -0.2) is 4.39 Å². The Hall–Kier alpha value is -2.57. The summed E-state index contributed by atoms with van der Waals surface area (Å²) >= 11 is 0. The fourth-order valence-corrected chi connectivity index (χ4v) is 3.65. The van der Waals surface area contributed by atoms with Gasteiger partial charge in [-0.1, -0.05) is 12.1 Å². The van der Waals surface area contributed by atoms with Crippen LogP contribution in [-0.2, 0) is 25.5 Å². The molecule has 2 aliphatic rings. The minimum atomic E-state index is -0.264. The highest BCUT2D eigenvalue weighted by atomic mass is 19.1. The molecule has 0 aromatic heterocycles. The molecule has 1 aromatic carbocycles. The molecule has 0 radical (unpaired) electrons. The molecule has 152 valence electrons. The van der Waals surface area contributed by atoms with Crippen LogP contribution in [0.1, 0.15) is 38.2 Å². The van der Waals surface area contributed by atoms with E-state index >= 15 is 0 Å². The third-order valence-corrected chi connectivity index (χ3v) is 5.21. The summed E-state index contributed by atoms with van der Waals surface area (Å²) in [6.45, 7) is 3.05.